The van der Waals surface area contributed by atoms with Crippen molar-refractivity contribution in [1.29, 1.82) is 0 Å². The van der Waals surface area contributed by atoms with Crippen LogP contribution in [0.25, 0.3) is 0 Å². The molecule has 2 unspecified atom stereocenters. The molecule has 0 spiro atoms. The van der Waals surface area contributed by atoms with Gasteiger partial charge in [0.2, 0.25) is 0 Å². The molecule has 128 valence electrons. The molecule has 0 aliphatic heterocycles. The molecule has 2 atom stereocenters. The zero-order valence-electron chi connectivity index (χ0n) is 15.6. The SMILES string of the molecule is CC(C=O)CC[C-]=O.CCc1c(N)cccc1C(=O)C(C)CC.[Na+]. The number of hydrogen-bond acceptors (Lipinski definition) is 4. The molecule has 0 aliphatic rings. The number of benzene rings is 1. The van der Waals surface area contributed by atoms with Gasteiger partial charge in [0.05, 0.1) is 0 Å². The average molecular weight is 341 g/mol. The van der Waals surface area contributed by atoms with Gasteiger partial charge in [0.15, 0.2) is 5.78 Å². The van der Waals surface area contributed by atoms with E-state index >= 15 is 0 Å². The van der Waals surface area contributed by atoms with Gasteiger partial charge < -0.3 is 15.3 Å². The largest absolute Gasteiger partial charge is 1.00 e. The van der Waals surface area contributed by atoms with Crippen LogP contribution in [-0.4, -0.2) is 18.4 Å². The number of hydrogen-bond donors (Lipinski definition) is 1. The Morgan fingerprint density at radius 3 is 2.38 bits per heavy atom. The molecule has 0 aromatic heterocycles. The Labute approximate surface area is 167 Å². The molecular weight excluding hydrogens is 313 g/mol. The minimum Gasteiger partial charge on any atom is -0.542 e. The molecule has 1 aromatic rings. The summed E-state index contributed by atoms with van der Waals surface area (Å²) >= 11 is 0. The van der Waals surface area contributed by atoms with E-state index in [9.17, 15) is 14.4 Å². The fourth-order valence-electron chi connectivity index (χ4n) is 2.04. The van der Waals surface area contributed by atoms with E-state index in [0.29, 0.717) is 12.8 Å². The molecule has 0 fully saturated rings. The molecule has 0 aliphatic carbocycles. The van der Waals surface area contributed by atoms with Gasteiger partial charge in [0, 0.05) is 23.1 Å². The van der Waals surface area contributed by atoms with E-state index in [4.69, 9.17) is 5.73 Å². The van der Waals surface area contributed by atoms with Crippen LogP contribution in [0.3, 0.4) is 0 Å². The van der Waals surface area contributed by atoms with Crippen molar-refractivity contribution in [2.24, 2.45) is 11.8 Å². The third-order valence-electron chi connectivity index (χ3n) is 3.83. The Balaban J connectivity index is 0. The minimum absolute atomic E-state index is 0. The smallest absolute Gasteiger partial charge is 0.542 e. The average Bonchev–Trinajstić information content (AvgIpc) is 2.58. The summed E-state index contributed by atoms with van der Waals surface area (Å²) in [5.74, 6) is 0.301. The first-order valence-electron chi connectivity index (χ1n) is 8.14. The number of carbonyl (C=O) groups is 2. The molecule has 0 bridgehead atoms. The zero-order chi connectivity index (χ0) is 17.8. The minimum atomic E-state index is 0. The van der Waals surface area contributed by atoms with Crippen molar-refractivity contribution < 1.29 is 43.9 Å². The van der Waals surface area contributed by atoms with Crippen LogP contribution in [-0.2, 0) is 16.0 Å². The molecule has 5 heteroatoms. The van der Waals surface area contributed by atoms with Crippen LogP contribution in [0.2, 0.25) is 0 Å². The Bertz CT molecular complexity index is 517. The van der Waals surface area contributed by atoms with Gasteiger partial charge in [-0.2, -0.15) is 6.42 Å². The number of ketones is 1. The summed E-state index contributed by atoms with van der Waals surface area (Å²) in [6.07, 6.45) is 5.26. The van der Waals surface area contributed by atoms with Crippen LogP contribution in [0.5, 0.6) is 0 Å². The number of carbonyl (C=O) groups excluding carboxylic acids is 3. The summed E-state index contributed by atoms with van der Waals surface area (Å²) in [5, 5.41) is 0. The Morgan fingerprint density at radius 2 is 1.92 bits per heavy atom. The van der Waals surface area contributed by atoms with E-state index in [1.165, 1.54) is 0 Å². The predicted molar refractivity (Wildman–Crippen MR) is 94.2 cm³/mol. The van der Waals surface area contributed by atoms with Gasteiger partial charge in [-0.15, -0.1) is 0 Å². The van der Waals surface area contributed by atoms with E-state index in [1.54, 1.807) is 13.2 Å². The molecule has 0 radical (unpaired) electrons. The van der Waals surface area contributed by atoms with Crippen LogP contribution in [0.15, 0.2) is 18.2 Å². The van der Waals surface area contributed by atoms with Crippen molar-refractivity contribution in [3.05, 3.63) is 29.3 Å². The molecule has 1 rings (SSSR count). The standard InChI is InChI=1S/C13H19NO.C6H9O2.Na/c1-4-9(3)13(15)11-7-6-8-12(14)10(11)5-2;1-6(5-8)3-2-4-7;/h6-9H,4-5,14H2,1-3H3;5-6H,2-3H2,1H3;/q;-1;+1. The van der Waals surface area contributed by atoms with Crippen molar-refractivity contribution >= 4 is 24.0 Å². The second-order valence-corrected chi connectivity index (χ2v) is 5.70. The Hall–Kier alpha value is -0.970. The van der Waals surface area contributed by atoms with Crippen LogP contribution in [0, 0.1) is 11.8 Å². The number of anilines is 1. The molecule has 0 saturated carbocycles. The number of aldehydes is 1. The van der Waals surface area contributed by atoms with E-state index in [1.807, 2.05) is 39.0 Å². The number of nitrogen functional groups attached to an aromatic ring is 1. The van der Waals surface area contributed by atoms with Gasteiger partial charge in [-0.3, -0.25) is 11.1 Å². The van der Waals surface area contributed by atoms with Crippen molar-refractivity contribution in [2.45, 2.75) is 53.4 Å². The summed E-state index contributed by atoms with van der Waals surface area (Å²) in [5.41, 5.74) is 8.37. The molecular formula is C19H28NNaO3. The molecule has 1 aromatic carbocycles. The van der Waals surface area contributed by atoms with Crippen molar-refractivity contribution in [3.63, 3.8) is 0 Å². The summed E-state index contributed by atoms with van der Waals surface area (Å²) in [6.45, 7) is 7.80. The molecule has 2 N–H and O–H groups in total. The van der Waals surface area contributed by atoms with Gasteiger partial charge in [-0.05, 0) is 24.5 Å². The number of Topliss-reactive ketones (excluding diaryl/α,β-unsaturated/α-hetero) is 1. The fourth-order valence-corrected chi connectivity index (χ4v) is 2.04. The van der Waals surface area contributed by atoms with E-state index in [2.05, 4.69) is 0 Å². The number of rotatable bonds is 8. The van der Waals surface area contributed by atoms with Crippen LogP contribution in [0.4, 0.5) is 5.69 Å². The predicted octanol–water partition coefficient (Wildman–Crippen LogP) is 0.775. The second kappa shape index (κ2) is 14.4. The van der Waals surface area contributed by atoms with Crippen LogP contribution in [0.1, 0.15) is 62.9 Å². The monoisotopic (exact) mass is 341 g/mol. The maximum atomic E-state index is 12.1. The number of nitrogens with two attached hydrogens (primary N) is 1. The first-order chi connectivity index (χ1) is 10.9. The van der Waals surface area contributed by atoms with E-state index < -0.39 is 0 Å². The van der Waals surface area contributed by atoms with Crippen molar-refractivity contribution in [1.82, 2.24) is 0 Å². The quantitative estimate of drug-likeness (QED) is 0.249. The Morgan fingerprint density at radius 1 is 1.29 bits per heavy atom. The van der Waals surface area contributed by atoms with Gasteiger partial charge in [-0.25, -0.2) is 0 Å². The van der Waals surface area contributed by atoms with Gasteiger partial charge in [-0.1, -0.05) is 46.2 Å². The summed E-state index contributed by atoms with van der Waals surface area (Å²) in [4.78, 5) is 31.5. The summed E-state index contributed by atoms with van der Waals surface area (Å²) < 4.78 is 0. The van der Waals surface area contributed by atoms with Gasteiger partial charge >= 0.3 is 29.6 Å². The first kappa shape index (κ1) is 25.3. The van der Waals surface area contributed by atoms with Crippen LogP contribution >= 0.6 is 0 Å². The first-order valence-corrected chi connectivity index (χ1v) is 8.14. The summed E-state index contributed by atoms with van der Waals surface area (Å²) in [6, 6.07) is 5.58. The van der Waals surface area contributed by atoms with E-state index in [0.717, 1.165) is 35.9 Å². The normalized spacial score (nSPS) is 12.0. The zero-order valence-corrected chi connectivity index (χ0v) is 17.6. The van der Waals surface area contributed by atoms with Gasteiger partial charge in [0.1, 0.15) is 6.29 Å². The topological polar surface area (TPSA) is 77.2 Å². The van der Waals surface area contributed by atoms with Gasteiger partial charge in [0.25, 0.3) is 0 Å². The molecule has 0 heterocycles. The van der Waals surface area contributed by atoms with Crippen molar-refractivity contribution in [3.8, 4) is 0 Å². The maximum absolute atomic E-state index is 12.1. The second-order valence-electron chi connectivity index (χ2n) is 5.70. The molecule has 0 amide bonds. The molecule has 24 heavy (non-hydrogen) atoms. The maximum Gasteiger partial charge on any atom is 1.00 e. The Kier molecular flexibility index (Phi) is 15.1. The van der Waals surface area contributed by atoms with E-state index in [-0.39, 0.29) is 47.2 Å². The third-order valence-corrected chi connectivity index (χ3v) is 3.83. The molecule has 0 saturated heterocycles. The van der Waals surface area contributed by atoms with Crippen molar-refractivity contribution in [2.75, 3.05) is 5.73 Å². The fraction of sp³-hybridized carbons (Fsp3) is 0.526. The molecule has 4 nitrogen and oxygen atoms in total. The van der Waals surface area contributed by atoms with Crippen LogP contribution < -0.4 is 35.3 Å². The third kappa shape index (κ3) is 8.76. The summed E-state index contributed by atoms with van der Waals surface area (Å²) in [7, 11) is 0.